The number of benzene rings is 1. The minimum atomic E-state index is -0.439. The smallest absolute Gasteiger partial charge is 0.270 e. The van der Waals surface area contributed by atoms with E-state index in [4.69, 9.17) is 0 Å². The topological polar surface area (TPSA) is 72.2 Å². The number of nitrogens with one attached hydrogen (secondary N) is 1. The first-order valence-electron chi connectivity index (χ1n) is 7.88. The highest BCUT2D eigenvalue weighted by Gasteiger charge is 2.12. The summed E-state index contributed by atoms with van der Waals surface area (Å²) >= 11 is 0. The normalized spacial score (nSPS) is 16.9. The van der Waals surface area contributed by atoms with Gasteiger partial charge in [0.15, 0.2) is 0 Å². The van der Waals surface area contributed by atoms with Crippen LogP contribution in [-0.4, -0.2) is 16.9 Å². The number of non-ortho nitro benzene ring substituents is 1. The van der Waals surface area contributed by atoms with Crippen LogP contribution in [0.15, 0.2) is 30.3 Å². The van der Waals surface area contributed by atoms with Crippen LogP contribution in [0.3, 0.4) is 0 Å². The molecule has 0 atom stereocenters. The molecule has 1 fully saturated rings. The first-order chi connectivity index (χ1) is 10.6. The van der Waals surface area contributed by atoms with Gasteiger partial charge in [-0.3, -0.25) is 14.9 Å². The Bertz CT molecular complexity index is 547. The molecule has 1 aliphatic rings. The second kappa shape index (κ2) is 8.32. The largest absolute Gasteiger partial charge is 0.350 e. The number of nitro groups is 1. The molecule has 5 nitrogen and oxygen atoms in total. The van der Waals surface area contributed by atoms with Gasteiger partial charge >= 0.3 is 0 Å². The van der Waals surface area contributed by atoms with Gasteiger partial charge in [-0.25, -0.2) is 0 Å². The maximum atomic E-state index is 12.0. The van der Waals surface area contributed by atoms with Crippen molar-refractivity contribution in [3.05, 3.63) is 46.0 Å². The first-order valence-corrected chi connectivity index (χ1v) is 7.88. The third-order valence-corrected chi connectivity index (χ3v) is 3.96. The average Bonchev–Trinajstić information content (AvgIpc) is 2.48. The lowest BCUT2D eigenvalue weighted by molar-refractivity contribution is -0.384. The molecule has 1 aromatic carbocycles. The van der Waals surface area contributed by atoms with Crippen LogP contribution in [0.4, 0.5) is 5.69 Å². The van der Waals surface area contributed by atoms with Gasteiger partial charge in [-0.05, 0) is 24.5 Å². The number of nitro benzene ring substituents is 1. The van der Waals surface area contributed by atoms with Gasteiger partial charge < -0.3 is 5.32 Å². The Kier molecular flexibility index (Phi) is 6.13. The van der Waals surface area contributed by atoms with Crippen molar-refractivity contribution in [2.24, 2.45) is 0 Å². The van der Waals surface area contributed by atoms with Crippen molar-refractivity contribution in [3.8, 4) is 0 Å². The zero-order chi connectivity index (χ0) is 15.8. The van der Waals surface area contributed by atoms with Gasteiger partial charge in [0.05, 0.1) is 4.92 Å². The van der Waals surface area contributed by atoms with Gasteiger partial charge in [0.1, 0.15) is 0 Å². The summed E-state index contributed by atoms with van der Waals surface area (Å²) in [5.74, 6) is -0.128. The standard InChI is InChI=1S/C17H22N2O3/c20-17(18-15-8-4-2-1-3-5-9-15)12-11-14-7-6-10-16(13-14)19(21)22/h6-7,10-13,15H,1-5,8-9H2,(H,18,20)/b12-11-. The molecule has 1 aliphatic carbocycles. The third-order valence-electron chi connectivity index (χ3n) is 3.96. The van der Waals surface area contributed by atoms with Gasteiger partial charge in [0, 0.05) is 24.3 Å². The summed E-state index contributed by atoms with van der Waals surface area (Å²) < 4.78 is 0. The zero-order valence-electron chi connectivity index (χ0n) is 12.7. The Morgan fingerprint density at radius 3 is 2.55 bits per heavy atom. The molecule has 0 bridgehead atoms. The van der Waals surface area contributed by atoms with Gasteiger partial charge in [-0.2, -0.15) is 0 Å². The Morgan fingerprint density at radius 2 is 1.86 bits per heavy atom. The second-order valence-electron chi connectivity index (χ2n) is 5.74. The summed E-state index contributed by atoms with van der Waals surface area (Å²) in [7, 11) is 0. The maximum absolute atomic E-state index is 12.0. The Labute approximate surface area is 130 Å². The molecule has 1 amide bonds. The fraction of sp³-hybridized carbons (Fsp3) is 0.471. The van der Waals surface area contributed by atoms with E-state index in [1.54, 1.807) is 18.2 Å². The molecule has 22 heavy (non-hydrogen) atoms. The van der Waals surface area contributed by atoms with Crippen LogP contribution in [0.2, 0.25) is 0 Å². The van der Waals surface area contributed by atoms with E-state index in [2.05, 4.69) is 5.32 Å². The number of nitrogens with zero attached hydrogens (tertiary/aromatic N) is 1. The van der Waals surface area contributed by atoms with E-state index in [1.165, 1.54) is 50.3 Å². The lowest BCUT2D eigenvalue weighted by atomic mass is 9.97. The lowest BCUT2D eigenvalue weighted by Gasteiger charge is -2.20. The predicted octanol–water partition coefficient (Wildman–Crippen LogP) is 3.84. The van der Waals surface area contributed by atoms with Crippen molar-refractivity contribution in [2.75, 3.05) is 0 Å². The van der Waals surface area contributed by atoms with Crippen LogP contribution < -0.4 is 5.32 Å². The summed E-state index contributed by atoms with van der Waals surface area (Å²) in [6.07, 6.45) is 11.3. The molecule has 0 saturated heterocycles. The highest BCUT2D eigenvalue weighted by molar-refractivity contribution is 5.91. The molecule has 1 aromatic rings. The molecule has 0 unspecified atom stereocenters. The monoisotopic (exact) mass is 302 g/mol. The molecule has 0 spiro atoms. The van der Waals surface area contributed by atoms with E-state index in [0.717, 1.165) is 12.8 Å². The summed E-state index contributed by atoms with van der Waals surface area (Å²) in [6, 6.07) is 6.50. The minimum Gasteiger partial charge on any atom is -0.350 e. The van der Waals surface area contributed by atoms with Crippen molar-refractivity contribution < 1.29 is 9.72 Å². The molecular formula is C17H22N2O3. The molecule has 2 rings (SSSR count). The highest BCUT2D eigenvalue weighted by atomic mass is 16.6. The SMILES string of the molecule is O=C(/C=C\c1cccc([N+](=O)[O-])c1)NC1CCCCCCC1. The Morgan fingerprint density at radius 1 is 1.18 bits per heavy atom. The molecule has 0 radical (unpaired) electrons. The summed E-state index contributed by atoms with van der Waals surface area (Å²) in [4.78, 5) is 22.2. The number of hydrogen-bond donors (Lipinski definition) is 1. The minimum absolute atomic E-state index is 0.0302. The number of hydrogen-bond acceptors (Lipinski definition) is 3. The van der Waals surface area contributed by atoms with E-state index < -0.39 is 4.92 Å². The zero-order valence-corrected chi connectivity index (χ0v) is 12.7. The van der Waals surface area contributed by atoms with Crippen molar-refractivity contribution in [1.82, 2.24) is 5.32 Å². The summed E-state index contributed by atoms with van der Waals surface area (Å²) in [6.45, 7) is 0. The Balaban J connectivity index is 1.90. The maximum Gasteiger partial charge on any atom is 0.270 e. The summed E-state index contributed by atoms with van der Waals surface area (Å²) in [5, 5.41) is 13.8. The van der Waals surface area contributed by atoms with Crippen LogP contribution in [0.5, 0.6) is 0 Å². The van der Waals surface area contributed by atoms with Gasteiger partial charge in [0.25, 0.3) is 5.69 Å². The quantitative estimate of drug-likeness (QED) is 0.522. The predicted molar refractivity (Wildman–Crippen MR) is 86.4 cm³/mol. The molecule has 0 aliphatic heterocycles. The number of rotatable bonds is 4. The van der Waals surface area contributed by atoms with Gasteiger partial charge in [0.2, 0.25) is 5.91 Å². The van der Waals surface area contributed by atoms with Gasteiger partial charge in [-0.1, -0.05) is 44.2 Å². The second-order valence-corrected chi connectivity index (χ2v) is 5.74. The molecule has 0 heterocycles. The van der Waals surface area contributed by atoms with Gasteiger partial charge in [-0.15, -0.1) is 0 Å². The van der Waals surface area contributed by atoms with Crippen LogP contribution in [0.25, 0.3) is 6.08 Å². The lowest BCUT2D eigenvalue weighted by Crippen LogP contribution is -2.34. The molecule has 1 saturated carbocycles. The molecule has 118 valence electrons. The highest BCUT2D eigenvalue weighted by Crippen LogP contribution is 2.17. The van der Waals surface area contributed by atoms with Crippen molar-refractivity contribution in [3.63, 3.8) is 0 Å². The van der Waals surface area contributed by atoms with Crippen LogP contribution in [-0.2, 0) is 4.79 Å². The average molecular weight is 302 g/mol. The number of carbonyl (C=O) groups excluding carboxylic acids is 1. The van der Waals surface area contributed by atoms with E-state index in [-0.39, 0.29) is 17.6 Å². The molecule has 0 aromatic heterocycles. The number of carbonyl (C=O) groups is 1. The van der Waals surface area contributed by atoms with Crippen LogP contribution in [0.1, 0.15) is 50.5 Å². The van der Waals surface area contributed by atoms with Crippen LogP contribution in [0, 0.1) is 10.1 Å². The number of amides is 1. The Hall–Kier alpha value is -2.17. The van der Waals surface area contributed by atoms with Crippen molar-refractivity contribution >= 4 is 17.7 Å². The molecular weight excluding hydrogens is 280 g/mol. The summed E-state index contributed by atoms with van der Waals surface area (Å²) in [5.41, 5.74) is 0.685. The fourth-order valence-electron chi connectivity index (χ4n) is 2.76. The molecule has 5 heteroatoms. The third kappa shape index (κ3) is 5.31. The van der Waals surface area contributed by atoms with E-state index in [0.29, 0.717) is 5.56 Å². The van der Waals surface area contributed by atoms with Crippen LogP contribution >= 0.6 is 0 Å². The molecule has 1 N–H and O–H groups in total. The first kappa shape index (κ1) is 16.2. The van der Waals surface area contributed by atoms with E-state index >= 15 is 0 Å². The van der Waals surface area contributed by atoms with Crippen molar-refractivity contribution in [1.29, 1.82) is 0 Å². The van der Waals surface area contributed by atoms with Crippen molar-refractivity contribution in [2.45, 2.75) is 51.0 Å². The van der Waals surface area contributed by atoms with E-state index in [1.807, 2.05) is 0 Å². The fourth-order valence-corrected chi connectivity index (χ4v) is 2.76. The van der Waals surface area contributed by atoms with E-state index in [9.17, 15) is 14.9 Å².